The maximum absolute atomic E-state index is 12.0. The maximum atomic E-state index is 12.0. The fourth-order valence-electron chi connectivity index (χ4n) is 1.52. The first-order valence-electron chi connectivity index (χ1n) is 5.78. The number of hydrogen-bond donors (Lipinski definition) is 2. The fourth-order valence-corrected chi connectivity index (χ4v) is 2.40. The van der Waals surface area contributed by atoms with Crippen LogP contribution in [0.2, 0.25) is 0 Å². The number of carboxylic acid groups (broad SMARTS) is 1. The van der Waals surface area contributed by atoms with Crippen molar-refractivity contribution in [2.75, 3.05) is 7.11 Å². The molecule has 19 heavy (non-hydrogen) atoms. The van der Waals surface area contributed by atoms with Gasteiger partial charge < -0.3 is 15.2 Å². The normalized spacial score (nSPS) is 12.4. The molecule has 1 unspecified atom stereocenters. The Hall–Kier alpha value is -1.82. The van der Waals surface area contributed by atoms with Crippen molar-refractivity contribution in [1.82, 2.24) is 5.32 Å². The third kappa shape index (κ3) is 4.10. The van der Waals surface area contributed by atoms with Crippen molar-refractivity contribution in [3.05, 3.63) is 28.0 Å². The molecule has 5 nitrogen and oxygen atoms in total. The van der Waals surface area contributed by atoms with Gasteiger partial charge in [-0.25, -0.2) is 4.79 Å². The van der Waals surface area contributed by atoms with E-state index in [9.17, 15) is 9.59 Å². The number of hydrogen-bond acceptors (Lipinski definition) is 4. The van der Waals surface area contributed by atoms with Crippen LogP contribution in [0.1, 0.15) is 27.9 Å². The van der Waals surface area contributed by atoms with Gasteiger partial charge in [-0.05, 0) is 26.3 Å². The number of rotatable bonds is 6. The number of carbonyl (C=O) groups excluding carboxylic acids is 1. The number of ether oxygens (including phenoxy) is 1. The number of allylic oxidation sites excluding steroid dienone is 1. The summed E-state index contributed by atoms with van der Waals surface area (Å²) in [4.78, 5) is 24.4. The van der Waals surface area contributed by atoms with Gasteiger partial charge in [-0.3, -0.25) is 4.79 Å². The minimum Gasteiger partial charge on any atom is -0.495 e. The van der Waals surface area contributed by atoms with Crippen LogP contribution in [0.25, 0.3) is 0 Å². The smallest absolute Gasteiger partial charge is 0.326 e. The Morgan fingerprint density at radius 1 is 1.58 bits per heavy atom. The highest BCUT2D eigenvalue weighted by atomic mass is 32.1. The number of thiophene rings is 1. The molecule has 0 saturated heterocycles. The van der Waals surface area contributed by atoms with Crippen LogP contribution < -0.4 is 10.1 Å². The molecule has 0 fully saturated rings. The summed E-state index contributed by atoms with van der Waals surface area (Å²) in [5.74, 6) is -1.01. The van der Waals surface area contributed by atoms with Crippen LogP contribution in [0, 0.1) is 6.92 Å². The van der Waals surface area contributed by atoms with Gasteiger partial charge in [-0.2, -0.15) is 0 Å². The van der Waals surface area contributed by atoms with Crippen molar-refractivity contribution in [1.29, 1.82) is 0 Å². The Morgan fingerprint density at radius 3 is 2.79 bits per heavy atom. The van der Waals surface area contributed by atoms with E-state index in [0.29, 0.717) is 10.6 Å². The second-order valence-electron chi connectivity index (χ2n) is 3.92. The molecule has 0 aliphatic rings. The number of carbonyl (C=O) groups is 2. The van der Waals surface area contributed by atoms with Gasteiger partial charge in [0.1, 0.15) is 16.7 Å². The Kier molecular flexibility index (Phi) is 5.57. The molecule has 1 atom stereocenters. The second kappa shape index (κ2) is 6.94. The standard InChI is InChI=1S/C13H17NO4S/c1-4-5-6-9(13(16)17)14-12(15)11-10(18-3)7-8(2)19-11/h4-5,7,9H,6H2,1-3H3,(H,14,15)(H,16,17)/b5-4+. The molecule has 1 aromatic heterocycles. The minimum atomic E-state index is -1.06. The number of carboxylic acids is 1. The van der Waals surface area contributed by atoms with E-state index in [1.807, 2.05) is 6.92 Å². The number of methoxy groups -OCH3 is 1. The first-order chi connectivity index (χ1) is 8.99. The molecule has 2 N–H and O–H groups in total. The Morgan fingerprint density at radius 2 is 2.26 bits per heavy atom. The van der Waals surface area contributed by atoms with Crippen LogP contribution in [0.4, 0.5) is 0 Å². The molecule has 0 saturated carbocycles. The first-order valence-corrected chi connectivity index (χ1v) is 6.60. The van der Waals surface area contributed by atoms with Crippen LogP contribution in [-0.2, 0) is 4.79 Å². The molecule has 104 valence electrons. The van der Waals surface area contributed by atoms with Crippen molar-refractivity contribution in [2.45, 2.75) is 26.3 Å². The molecule has 1 aromatic rings. The van der Waals surface area contributed by atoms with Crippen molar-refractivity contribution in [2.24, 2.45) is 0 Å². The zero-order valence-corrected chi connectivity index (χ0v) is 11.9. The van der Waals surface area contributed by atoms with Crippen molar-refractivity contribution < 1.29 is 19.4 Å². The summed E-state index contributed by atoms with van der Waals surface area (Å²) in [6, 6.07) is 0.817. The van der Waals surface area contributed by atoms with Gasteiger partial charge in [-0.1, -0.05) is 12.2 Å². The van der Waals surface area contributed by atoms with Crippen LogP contribution in [-0.4, -0.2) is 30.1 Å². The average molecular weight is 283 g/mol. The Labute approximate surface area is 115 Å². The molecule has 0 radical (unpaired) electrons. The van der Waals surface area contributed by atoms with Gasteiger partial charge in [0, 0.05) is 4.88 Å². The second-order valence-corrected chi connectivity index (χ2v) is 5.18. The summed E-state index contributed by atoms with van der Waals surface area (Å²) < 4.78 is 5.10. The summed E-state index contributed by atoms with van der Waals surface area (Å²) in [5.41, 5.74) is 0. The van der Waals surface area contributed by atoms with Crippen molar-refractivity contribution in [3.8, 4) is 5.75 Å². The third-order valence-electron chi connectivity index (χ3n) is 2.46. The predicted molar refractivity (Wildman–Crippen MR) is 73.9 cm³/mol. The lowest BCUT2D eigenvalue weighted by Crippen LogP contribution is -2.40. The van der Waals surface area contributed by atoms with Gasteiger partial charge >= 0.3 is 5.97 Å². The highest BCUT2D eigenvalue weighted by molar-refractivity contribution is 7.14. The first kappa shape index (κ1) is 15.2. The van der Waals surface area contributed by atoms with Gasteiger partial charge in [-0.15, -0.1) is 11.3 Å². The molecule has 0 aromatic carbocycles. The fraction of sp³-hybridized carbons (Fsp3) is 0.385. The summed E-state index contributed by atoms with van der Waals surface area (Å²) in [7, 11) is 1.48. The van der Waals surface area contributed by atoms with E-state index in [4.69, 9.17) is 9.84 Å². The van der Waals surface area contributed by atoms with E-state index in [2.05, 4.69) is 5.32 Å². The quantitative estimate of drug-likeness (QED) is 0.785. The summed E-state index contributed by atoms with van der Waals surface area (Å²) >= 11 is 1.28. The Bertz CT molecular complexity index is 493. The zero-order valence-electron chi connectivity index (χ0n) is 11.1. The van der Waals surface area contributed by atoms with Crippen LogP contribution >= 0.6 is 11.3 Å². The van der Waals surface area contributed by atoms with Gasteiger partial charge in [0.05, 0.1) is 7.11 Å². The monoisotopic (exact) mass is 283 g/mol. The molecule has 0 aliphatic heterocycles. The Balaban J connectivity index is 2.84. The van der Waals surface area contributed by atoms with E-state index in [1.165, 1.54) is 18.4 Å². The number of amides is 1. The molecule has 0 bridgehead atoms. The van der Waals surface area contributed by atoms with E-state index < -0.39 is 17.9 Å². The SMILES string of the molecule is C/C=C/CC(NC(=O)c1sc(C)cc1OC)C(=O)O. The minimum absolute atomic E-state index is 0.254. The van der Waals surface area contributed by atoms with Gasteiger partial charge in [0.15, 0.2) is 0 Å². The van der Waals surface area contributed by atoms with Gasteiger partial charge in [0.2, 0.25) is 0 Å². The molecule has 0 spiro atoms. The summed E-state index contributed by atoms with van der Waals surface area (Å²) in [6.07, 6.45) is 3.71. The summed E-state index contributed by atoms with van der Waals surface area (Å²) in [5, 5.41) is 11.5. The highest BCUT2D eigenvalue weighted by Crippen LogP contribution is 2.28. The van der Waals surface area contributed by atoms with Crippen molar-refractivity contribution >= 4 is 23.2 Å². The number of aryl methyl sites for hydroxylation is 1. The molecule has 1 heterocycles. The lowest BCUT2D eigenvalue weighted by Gasteiger charge is -2.12. The molecular formula is C13H17NO4S. The molecule has 6 heteroatoms. The maximum Gasteiger partial charge on any atom is 0.326 e. The molecule has 1 amide bonds. The van der Waals surface area contributed by atoms with E-state index in [0.717, 1.165) is 4.88 Å². The predicted octanol–water partition coefficient (Wildman–Crippen LogP) is 2.21. The lowest BCUT2D eigenvalue weighted by atomic mass is 10.2. The van der Waals surface area contributed by atoms with Crippen molar-refractivity contribution in [3.63, 3.8) is 0 Å². The van der Waals surface area contributed by atoms with Crippen LogP contribution in [0.5, 0.6) is 5.75 Å². The molecule has 1 rings (SSSR count). The largest absolute Gasteiger partial charge is 0.495 e. The van der Waals surface area contributed by atoms with E-state index >= 15 is 0 Å². The van der Waals surface area contributed by atoms with E-state index in [-0.39, 0.29) is 6.42 Å². The summed E-state index contributed by atoms with van der Waals surface area (Å²) in [6.45, 7) is 3.66. The van der Waals surface area contributed by atoms with E-state index in [1.54, 1.807) is 25.1 Å². The topological polar surface area (TPSA) is 75.6 Å². The third-order valence-corrected chi connectivity index (χ3v) is 3.49. The highest BCUT2D eigenvalue weighted by Gasteiger charge is 2.22. The van der Waals surface area contributed by atoms with Gasteiger partial charge in [0.25, 0.3) is 5.91 Å². The number of nitrogens with one attached hydrogen (secondary N) is 1. The zero-order chi connectivity index (χ0) is 14.4. The molecular weight excluding hydrogens is 266 g/mol. The van der Waals surface area contributed by atoms with Crippen LogP contribution in [0.3, 0.4) is 0 Å². The van der Waals surface area contributed by atoms with Crippen LogP contribution in [0.15, 0.2) is 18.2 Å². The number of aliphatic carboxylic acids is 1. The lowest BCUT2D eigenvalue weighted by molar-refractivity contribution is -0.139. The average Bonchev–Trinajstić information content (AvgIpc) is 2.75. The molecule has 0 aliphatic carbocycles.